The Labute approximate surface area is 160 Å². The first-order chi connectivity index (χ1) is 12.9. The van der Waals surface area contributed by atoms with Gasteiger partial charge in [-0.15, -0.1) is 0 Å². The number of hydrogen-bond donors (Lipinski definition) is 0. The highest BCUT2D eigenvalue weighted by Gasteiger charge is 2.14. The fraction of sp³-hybridized carbons (Fsp3) is 0.333. The molecule has 0 unspecified atom stereocenters. The van der Waals surface area contributed by atoms with Crippen molar-refractivity contribution in [1.82, 2.24) is 4.90 Å². The summed E-state index contributed by atoms with van der Waals surface area (Å²) < 4.78 is 10.5. The molecule has 0 atom stereocenters. The molecule has 6 heteroatoms. The van der Waals surface area contributed by atoms with E-state index in [9.17, 15) is 9.59 Å². The molecule has 0 spiro atoms. The van der Waals surface area contributed by atoms with E-state index in [1.54, 1.807) is 64.5 Å². The van der Waals surface area contributed by atoms with Crippen molar-refractivity contribution in [2.24, 2.45) is 0 Å². The molecule has 27 heavy (non-hydrogen) atoms. The van der Waals surface area contributed by atoms with Gasteiger partial charge in [0.15, 0.2) is 11.5 Å². The zero-order valence-corrected chi connectivity index (χ0v) is 16.5. The van der Waals surface area contributed by atoms with E-state index < -0.39 is 0 Å². The summed E-state index contributed by atoms with van der Waals surface area (Å²) >= 11 is 0. The van der Waals surface area contributed by atoms with E-state index in [-0.39, 0.29) is 11.8 Å². The number of methoxy groups -OCH3 is 2. The van der Waals surface area contributed by atoms with E-state index in [1.807, 2.05) is 18.2 Å². The average molecular weight is 370 g/mol. The van der Waals surface area contributed by atoms with Crippen molar-refractivity contribution < 1.29 is 19.1 Å². The number of carbonyl (C=O) groups excluding carboxylic acids is 2. The minimum Gasteiger partial charge on any atom is -0.493 e. The first-order valence-electron chi connectivity index (χ1n) is 8.66. The van der Waals surface area contributed by atoms with Crippen LogP contribution in [0.25, 0.3) is 0 Å². The lowest BCUT2D eigenvalue weighted by Crippen LogP contribution is -2.26. The molecule has 0 saturated carbocycles. The van der Waals surface area contributed by atoms with Gasteiger partial charge in [-0.1, -0.05) is 12.1 Å². The maximum Gasteiger partial charge on any atom is 0.253 e. The molecule has 2 aromatic rings. The van der Waals surface area contributed by atoms with E-state index in [4.69, 9.17) is 9.47 Å². The number of rotatable bonds is 7. The lowest BCUT2D eigenvalue weighted by atomic mass is 10.1. The number of aryl methyl sites for hydroxylation is 1. The van der Waals surface area contributed by atoms with Crippen LogP contribution >= 0.6 is 0 Å². The van der Waals surface area contributed by atoms with Gasteiger partial charge in [-0.3, -0.25) is 9.59 Å². The van der Waals surface area contributed by atoms with Gasteiger partial charge in [0.25, 0.3) is 5.91 Å². The van der Waals surface area contributed by atoms with Crippen LogP contribution in [0, 0.1) is 0 Å². The van der Waals surface area contributed by atoms with E-state index >= 15 is 0 Å². The van der Waals surface area contributed by atoms with Crippen molar-refractivity contribution in [3.8, 4) is 11.5 Å². The molecule has 2 rings (SSSR count). The molecule has 2 amide bonds. The zero-order chi connectivity index (χ0) is 20.0. The lowest BCUT2D eigenvalue weighted by molar-refractivity contribution is -0.118. The molecule has 0 fully saturated rings. The first-order valence-corrected chi connectivity index (χ1v) is 8.66. The van der Waals surface area contributed by atoms with Crippen molar-refractivity contribution >= 4 is 17.5 Å². The Hall–Kier alpha value is -3.02. The van der Waals surface area contributed by atoms with Crippen molar-refractivity contribution in [2.75, 3.05) is 40.3 Å². The Balaban J connectivity index is 2.00. The fourth-order valence-electron chi connectivity index (χ4n) is 2.67. The van der Waals surface area contributed by atoms with Gasteiger partial charge >= 0.3 is 0 Å². The number of hydrogen-bond acceptors (Lipinski definition) is 4. The summed E-state index contributed by atoms with van der Waals surface area (Å²) in [5.41, 5.74) is 2.39. The minimum atomic E-state index is -0.0363. The molecular weight excluding hydrogens is 344 g/mol. The Bertz CT molecular complexity index is 800. The highest BCUT2D eigenvalue weighted by atomic mass is 16.5. The maximum absolute atomic E-state index is 12.5. The number of nitrogens with zero attached hydrogens (tertiary/aromatic N) is 2. The van der Waals surface area contributed by atoms with Gasteiger partial charge in [0.2, 0.25) is 5.91 Å². The van der Waals surface area contributed by atoms with Gasteiger partial charge in [-0.05, 0) is 36.2 Å². The van der Waals surface area contributed by atoms with E-state index in [0.717, 1.165) is 11.3 Å². The Morgan fingerprint density at radius 3 is 2.07 bits per heavy atom. The van der Waals surface area contributed by atoms with Gasteiger partial charge in [-0.25, -0.2) is 0 Å². The fourth-order valence-corrected chi connectivity index (χ4v) is 2.67. The molecule has 0 radical (unpaired) electrons. The third-order valence-electron chi connectivity index (χ3n) is 4.36. The molecule has 0 N–H and O–H groups in total. The topological polar surface area (TPSA) is 59.1 Å². The smallest absolute Gasteiger partial charge is 0.253 e. The molecule has 0 aromatic heterocycles. The van der Waals surface area contributed by atoms with E-state index in [1.165, 1.54) is 4.90 Å². The van der Waals surface area contributed by atoms with Crippen molar-refractivity contribution in [3.05, 3.63) is 53.6 Å². The maximum atomic E-state index is 12.5. The number of carbonyl (C=O) groups is 2. The van der Waals surface area contributed by atoms with Gasteiger partial charge in [-0.2, -0.15) is 0 Å². The second-order valence-electron chi connectivity index (χ2n) is 6.39. The Morgan fingerprint density at radius 1 is 0.889 bits per heavy atom. The van der Waals surface area contributed by atoms with E-state index in [0.29, 0.717) is 29.9 Å². The van der Waals surface area contributed by atoms with Crippen LogP contribution in [-0.2, 0) is 11.2 Å². The van der Waals surface area contributed by atoms with Crippen LogP contribution in [0.3, 0.4) is 0 Å². The number of ether oxygens (including phenoxy) is 2. The van der Waals surface area contributed by atoms with Crippen LogP contribution in [0.2, 0.25) is 0 Å². The van der Waals surface area contributed by atoms with Gasteiger partial charge < -0.3 is 19.3 Å². The quantitative estimate of drug-likeness (QED) is 0.752. The number of anilines is 1. The highest BCUT2D eigenvalue weighted by Crippen LogP contribution is 2.31. The molecule has 0 aliphatic rings. The largest absolute Gasteiger partial charge is 0.493 e. The molecule has 144 valence electrons. The third kappa shape index (κ3) is 5.00. The van der Waals surface area contributed by atoms with Crippen molar-refractivity contribution in [1.29, 1.82) is 0 Å². The van der Waals surface area contributed by atoms with Crippen LogP contribution < -0.4 is 14.4 Å². The lowest BCUT2D eigenvalue weighted by Gasteiger charge is -2.19. The molecule has 0 aliphatic heterocycles. The van der Waals surface area contributed by atoms with Gasteiger partial charge in [0, 0.05) is 44.9 Å². The predicted molar refractivity (Wildman–Crippen MR) is 106 cm³/mol. The molecule has 0 saturated heterocycles. The summed E-state index contributed by atoms with van der Waals surface area (Å²) in [4.78, 5) is 27.6. The van der Waals surface area contributed by atoms with Crippen LogP contribution in [-0.4, -0.2) is 52.1 Å². The summed E-state index contributed by atoms with van der Waals surface area (Å²) in [6, 6.07) is 12.7. The SMILES string of the molecule is COc1ccc(N(C)C(=O)CCc2ccc(C(=O)N(C)C)cc2)cc1OC. The predicted octanol–water partition coefficient (Wildman–Crippen LogP) is 3.00. The molecule has 6 nitrogen and oxygen atoms in total. The van der Waals surface area contributed by atoms with Crippen LogP contribution in [0.15, 0.2) is 42.5 Å². The van der Waals surface area contributed by atoms with Crippen LogP contribution in [0.4, 0.5) is 5.69 Å². The Morgan fingerprint density at radius 2 is 1.52 bits per heavy atom. The third-order valence-corrected chi connectivity index (χ3v) is 4.36. The molecule has 0 bridgehead atoms. The van der Waals surface area contributed by atoms with Crippen LogP contribution in [0.5, 0.6) is 11.5 Å². The van der Waals surface area contributed by atoms with Crippen LogP contribution in [0.1, 0.15) is 22.3 Å². The average Bonchev–Trinajstić information content (AvgIpc) is 2.70. The number of benzene rings is 2. The molecular formula is C21H26N2O4. The number of amides is 2. The summed E-state index contributed by atoms with van der Waals surface area (Å²) in [5.74, 6) is 1.16. The second-order valence-corrected chi connectivity index (χ2v) is 6.39. The molecule has 0 heterocycles. The standard InChI is InChI=1S/C21H26N2O4/c1-22(2)21(25)16-9-6-15(7-10-16)8-13-20(24)23(3)17-11-12-18(26-4)19(14-17)27-5/h6-7,9-12,14H,8,13H2,1-5H3. The Kier molecular flexibility index (Phi) is 6.82. The molecule has 2 aromatic carbocycles. The minimum absolute atomic E-state index is 0.00401. The van der Waals surface area contributed by atoms with Crippen molar-refractivity contribution in [2.45, 2.75) is 12.8 Å². The monoisotopic (exact) mass is 370 g/mol. The normalized spacial score (nSPS) is 10.3. The summed E-state index contributed by atoms with van der Waals surface area (Å²) in [7, 11) is 8.32. The van der Waals surface area contributed by atoms with Crippen molar-refractivity contribution in [3.63, 3.8) is 0 Å². The van der Waals surface area contributed by atoms with E-state index in [2.05, 4.69) is 0 Å². The summed E-state index contributed by atoms with van der Waals surface area (Å²) in [6.07, 6.45) is 0.971. The zero-order valence-electron chi connectivity index (χ0n) is 16.5. The summed E-state index contributed by atoms with van der Waals surface area (Å²) in [6.45, 7) is 0. The first kappa shape index (κ1) is 20.3. The summed E-state index contributed by atoms with van der Waals surface area (Å²) in [5, 5.41) is 0. The van der Waals surface area contributed by atoms with Gasteiger partial charge in [0.05, 0.1) is 14.2 Å². The second kappa shape index (κ2) is 9.07. The highest BCUT2D eigenvalue weighted by molar-refractivity contribution is 5.94. The van der Waals surface area contributed by atoms with Gasteiger partial charge in [0.1, 0.15) is 0 Å². The molecule has 0 aliphatic carbocycles.